The molecule has 2 aromatic rings. The number of ether oxygens (including phenoxy) is 2. The highest BCUT2D eigenvalue weighted by Crippen LogP contribution is 2.43. The Kier molecular flexibility index (Phi) is 6.02. The maximum Gasteiger partial charge on any atom is 0.342 e. The van der Waals surface area contributed by atoms with Crippen LogP contribution >= 0.6 is 23.2 Å². The van der Waals surface area contributed by atoms with E-state index in [1.165, 1.54) is 0 Å². The minimum atomic E-state index is -0.513. The zero-order valence-corrected chi connectivity index (χ0v) is 15.5. The van der Waals surface area contributed by atoms with Crippen molar-refractivity contribution < 1.29 is 18.7 Å². The largest absolute Gasteiger partial charge is 0.491 e. The lowest BCUT2D eigenvalue weighted by molar-refractivity contribution is 0.0527. The van der Waals surface area contributed by atoms with E-state index in [0.717, 1.165) is 0 Å². The first-order valence-electron chi connectivity index (χ1n) is 7.49. The number of carbonyl (C=O) groups is 1. The number of fused-ring (bicyclic) bond motifs is 1. The molecule has 7 heteroatoms. The van der Waals surface area contributed by atoms with Gasteiger partial charge in [-0.3, -0.25) is 0 Å². The van der Waals surface area contributed by atoms with Gasteiger partial charge in [-0.2, -0.15) is 0 Å². The van der Waals surface area contributed by atoms with Crippen LogP contribution in [0.15, 0.2) is 16.7 Å². The summed E-state index contributed by atoms with van der Waals surface area (Å²) in [5, 5.41) is 0.985. The second-order valence-corrected chi connectivity index (χ2v) is 5.93. The highest BCUT2D eigenvalue weighted by molar-refractivity contribution is 6.42. The fraction of sp³-hybridized carbons (Fsp3) is 0.353. The van der Waals surface area contributed by atoms with Crippen molar-refractivity contribution in [1.82, 2.24) is 4.90 Å². The third-order valence-corrected chi connectivity index (χ3v) is 3.79. The van der Waals surface area contributed by atoms with Gasteiger partial charge in [-0.15, -0.1) is 0 Å². The summed E-state index contributed by atoms with van der Waals surface area (Å²) in [6, 6.07) is 1.59. The molecule has 0 fully saturated rings. The Hall–Kier alpha value is -1.85. The third-order valence-electron chi connectivity index (χ3n) is 3.15. The van der Waals surface area contributed by atoms with Gasteiger partial charge in [-0.05, 0) is 19.9 Å². The highest BCUT2D eigenvalue weighted by Gasteiger charge is 2.26. The Morgan fingerprint density at radius 2 is 2.00 bits per heavy atom. The number of nitrogens with zero attached hydrogens (tertiary/aromatic N) is 1. The summed E-state index contributed by atoms with van der Waals surface area (Å²) < 4.78 is 16.4. The maximum absolute atomic E-state index is 12.4. The lowest BCUT2D eigenvalue weighted by Gasteiger charge is -2.09. The van der Waals surface area contributed by atoms with Gasteiger partial charge in [0, 0.05) is 26.4 Å². The molecule has 24 heavy (non-hydrogen) atoms. The predicted octanol–water partition coefficient (Wildman–Crippen LogP) is 4.85. The summed E-state index contributed by atoms with van der Waals surface area (Å²) in [5.41, 5.74) is 0.655. The average molecular weight is 372 g/mol. The number of benzene rings is 1. The lowest BCUT2D eigenvalue weighted by Crippen LogP contribution is -2.06. The number of hydrogen-bond acceptors (Lipinski definition) is 5. The Labute approximate surface area is 150 Å². The number of carbonyl (C=O) groups excluding carboxylic acids is 1. The molecular formula is C17H19Cl2NO4. The average Bonchev–Trinajstić information content (AvgIpc) is 2.88. The zero-order chi connectivity index (χ0) is 17.9. The maximum atomic E-state index is 12.4. The molecule has 1 aromatic carbocycles. The zero-order valence-electron chi connectivity index (χ0n) is 14.0. The molecule has 0 N–H and O–H groups in total. The van der Waals surface area contributed by atoms with Crippen LogP contribution in [-0.4, -0.2) is 38.2 Å². The van der Waals surface area contributed by atoms with E-state index in [9.17, 15) is 4.79 Å². The number of hydrogen-bond donors (Lipinski definition) is 0. The van der Waals surface area contributed by atoms with Crippen LogP contribution in [0.3, 0.4) is 0 Å². The normalized spacial score (nSPS) is 11.2. The van der Waals surface area contributed by atoms with Crippen molar-refractivity contribution in [3.63, 3.8) is 0 Å². The third kappa shape index (κ3) is 3.62. The topological polar surface area (TPSA) is 51.9 Å². The standard InChI is InChI=1S/C17H19Cl2NO4/c1-5-22-16-10(18)9-12-13(15(16)19)14(17(21)23-6-2)11(24-12)7-8-20(3)4/h7-9H,5-6H2,1-4H3/b8-7+. The predicted molar refractivity (Wildman–Crippen MR) is 96.1 cm³/mol. The van der Waals surface area contributed by atoms with Gasteiger partial charge in [0.15, 0.2) is 5.75 Å². The molecule has 1 aromatic heterocycles. The van der Waals surface area contributed by atoms with Crippen molar-refractivity contribution in [2.75, 3.05) is 27.3 Å². The summed E-state index contributed by atoms with van der Waals surface area (Å²) >= 11 is 12.6. The summed E-state index contributed by atoms with van der Waals surface area (Å²) in [4.78, 5) is 14.3. The quantitative estimate of drug-likeness (QED) is 0.679. The van der Waals surface area contributed by atoms with Gasteiger partial charge in [0.2, 0.25) is 0 Å². The first-order chi connectivity index (χ1) is 11.4. The molecule has 1 heterocycles. The highest BCUT2D eigenvalue weighted by atomic mass is 35.5. The molecule has 130 valence electrons. The number of rotatable bonds is 6. The van der Waals surface area contributed by atoms with Gasteiger partial charge in [0.05, 0.1) is 28.6 Å². The van der Waals surface area contributed by atoms with Gasteiger partial charge < -0.3 is 18.8 Å². The van der Waals surface area contributed by atoms with Crippen LogP contribution < -0.4 is 4.74 Å². The van der Waals surface area contributed by atoms with E-state index in [1.807, 2.05) is 25.9 Å². The SMILES string of the molecule is CCOC(=O)c1c(/C=C/N(C)C)oc2cc(Cl)c(OCC)c(Cl)c12. The van der Waals surface area contributed by atoms with E-state index in [4.69, 9.17) is 37.1 Å². The molecule has 0 aliphatic rings. The van der Waals surface area contributed by atoms with Crippen molar-refractivity contribution >= 4 is 46.2 Å². The molecular weight excluding hydrogens is 353 g/mol. The van der Waals surface area contributed by atoms with Crippen molar-refractivity contribution in [3.8, 4) is 5.75 Å². The summed E-state index contributed by atoms with van der Waals surface area (Å²) in [6.45, 7) is 4.19. The van der Waals surface area contributed by atoms with Crippen LogP contribution in [0.1, 0.15) is 30.0 Å². The van der Waals surface area contributed by atoms with Gasteiger partial charge in [-0.25, -0.2) is 4.79 Å². The summed E-state index contributed by atoms with van der Waals surface area (Å²) in [5.74, 6) is 0.160. The molecule has 0 radical (unpaired) electrons. The monoisotopic (exact) mass is 371 g/mol. The van der Waals surface area contributed by atoms with Gasteiger partial charge in [0.25, 0.3) is 0 Å². The van der Waals surface area contributed by atoms with Gasteiger partial charge >= 0.3 is 5.97 Å². The van der Waals surface area contributed by atoms with E-state index in [-0.39, 0.29) is 17.2 Å². The summed E-state index contributed by atoms with van der Waals surface area (Å²) in [6.07, 6.45) is 3.44. The van der Waals surface area contributed by atoms with Crippen molar-refractivity contribution in [2.45, 2.75) is 13.8 Å². The Morgan fingerprint density at radius 1 is 1.29 bits per heavy atom. The van der Waals surface area contributed by atoms with E-state index in [1.54, 1.807) is 25.3 Å². The van der Waals surface area contributed by atoms with Crippen LogP contribution in [0.5, 0.6) is 5.75 Å². The number of furan rings is 1. The molecule has 5 nitrogen and oxygen atoms in total. The van der Waals surface area contributed by atoms with E-state index < -0.39 is 5.97 Å². The Bertz CT molecular complexity index is 781. The Morgan fingerprint density at radius 3 is 2.58 bits per heavy atom. The molecule has 0 aliphatic heterocycles. The first-order valence-corrected chi connectivity index (χ1v) is 8.25. The molecule has 0 spiro atoms. The molecule has 0 aliphatic carbocycles. The second-order valence-electron chi connectivity index (χ2n) is 5.15. The van der Waals surface area contributed by atoms with Crippen LogP contribution in [0, 0.1) is 0 Å². The van der Waals surface area contributed by atoms with Crippen molar-refractivity contribution in [1.29, 1.82) is 0 Å². The van der Waals surface area contributed by atoms with Crippen LogP contribution in [0.2, 0.25) is 10.0 Å². The molecule has 0 bridgehead atoms. The van der Waals surface area contributed by atoms with E-state index >= 15 is 0 Å². The van der Waals surface area contributed by atoms with Crippen molar-refractivity contribution in [3.05, 3.63) is 33.6 Å². The Balaban J connectivity index is 2.76. The lowest BCUT2D eigenvalue weighted by atomic mass is 10.1. The second kappa shape index (κ2) is 7.81. The molecule has 0 amide bonds. The molecule has 0 saturated heterocycles. The molecule has 0 saturated carbocycles. The first kappa shape index (κ1) is 18.5. The molecule has 0 unspecified atom stereocenters. The number of esters is 1. The van der Waals surface area contributed by atoms with Gasteiger partial charge in [-0.1, -0.05) is 23.2 Å². The number of halogens is 2. The fourth-order valence-electron chi connectivity index (χ4n) is 2.20. The van der Waals surface area contributed by atoms with Crippen molar-refractivity contribution in [2.24, 2.45) is 0 Å². The van der Waals surface area contributed by atoms with E-state index in [0.29, 0.717) is 34.1 Å². The van der Waals surface area contributed by atoms with Crippen LogP contribution in [-0.2, 0) is 4.74 Å². The van der Waals surface area contributed by atoms with E-state index in [2.05, 4.69) is 0 Å². The smallest absolute Gasteiger partial charge is 0.342 e. The molecule has 0 atom stereocenters. The van der Waals surface area contributed by atoms with Crippen LogP contribution in [0.4, 0.5) is 0 Å². The fourth-order valence-corrected chi connectivity index (χ4v) is 2.84. The van der Waals surface area contributed by atoms with Crippen LogP contribution in [0.25, 0.3) is 17.0 Å². The molecule has 2 rings (SSSR count). The minimum absolute atomic E-state index is 0.232. The van der Waals surface area contributed by atoms with Gasteiger partial charge in [0.1, 0.15) is 16.9 Å². The minimum Gasteiger partial charge on any atom is -0.491 e. The summed E-state index contributed by atoms with van der Waals surface area (Å²) in [7, 11) is 3.72.